The lowest BCUT2D eigenvalue weighted by molar-refractivity contribution is 0.101. The summed E-state index contributed by atoms with van der Waals surface area (Å²) in [5, 5.41) is 0. The molecular formula is C20H25NO4S. The number of Topliss-reactive ketones (excluding diaryl/α,β-unsaturated/α-hetero) is 1. The summed E-state index contributed by atoms with van der Waals surface area (Å²) < 4.78 is 32.2. The molecule has 0 N–H and O–H groups in total. The van der Waals surface area contributed by atoms with Crippen LogP contribution in [0.15, 0.2) is 47.4 Å². The fraction of sp³-hybridized carbons (Fsp3) is 0.350. The third-order valence-electron chi connectivity index (χ3n) is 4.05. The summed E-state index contributed by atoms with van der Waals surface area (Å²) in [6, 6.07) is 12.0. The van der Waals surface area contributed by atoms with Crippen LogP contribution in [-0.2, 0) is 10.0 Å². The molecular weight excluding hydrogens is 350 g/mol. The molecule has 0 aliphatic carbocycles. The minimum absolute atomic E-state index is 0.0918. The van der Waals surface area contributed by atoms with Crippen LogP contribution in [0.5, 0.6) is 5.75 Å². The highest BCUT2D eigenvalue weighted by Gasteiger charge is 2.20. The van der Waals surface area contributed by atoms with E-state index in [1.54, 1.807) is 7.05 Å². The molecule has 0 aliphatic heterocycles. The lowest BCUT2D eigenvalue weighted by Gasteiger charge is -2.17. The fourth-order valence-corrected chi connectivity index (χ4v) is 3.86. The Hall–Kier alpha value is -2.18. The van der Waals surface area contributed by atoms with Crippen LogP contribution >= 0.6 is 0 Å². The Bertz CT molecular complexity index is 853. The van der Waals surface area contributed by atoms with Crippen molar-refractivity contribution in [3.63, 3.8) is 0 Å². The van der Waals surface area contributed by atoms with E-state index in [0.717, 1.165) is 16.9 Å². The lowest BCUT2D eigenvalue weighted by atomic mass is 10.1. The molecule has 140 valence electrons. The first-order valence-electron chi connectivity index (χ1n) is 8.48. The van der Waals surface area contributed by atoms with Gasteiger partial charge in [-0.2, -0.15) is 0 Å². The molecule has 0 heterocycles. The van der Waals surface area contributed by atoms with Crippen LogP contribution in [0.3, 0.4) is 0 Å². The summed E-state index contributed by atoms with van der Waals surface area (Å²) >= 11 is 0. The van der Waals surface area contributed by atoms with Gasteiger partial charge in [-0.05, 0) is 62.6 Å². The maximum atomic E-state index is 12.6. The average Bonchev–Trinajstić information content (AvgIpc) is 2.57. The number of ether oxygens (including phenoxy) is 1. The van der Waals surface area contributed by atoms with Gasteiger partial charge in [-0.25, -0.2) is 12.7 Å². The van der Waals surface area contributed by atoms with Gasteiger partial charge < -0.3 is 4.74 Å². The second-order valence-electron chi connectivity index (χ2n) is 6.43. The Balaban J connectivity index is 1.91. The van der Waals surface area contributed by atoms with Gasteiger partial charge in [0.05, 0.1) is 11.5 Å². The van der Waals surface area contributed by atoms with Gasteiger partial charge in [0.1, 0.15) is 5.75 Å². The van der Waals surface area contributed by atoms with Gasteiger partial charge in [0.15, 0.2) is 5.78 Å². The van der Waals surface area contributed by atoms with Crippen LogP contribution in [0.4, 0.5) is 0 Å². The Morgan fingerprint density at radius 1 is 1.04 bits per heavy atom. The Morgan fingerprint density at radius 2 is 1.62 bits per heavy atom. The van der Waals surface area contributed by atoms with Crippen molar-refractivity contribution in [3.05, 3.63) is 59.2 Å². The van der Waals surface area contributed by atoms with Crippen LogP contribution in [0.1, 0.15) is 34.8 Å². The summed E-state index contributed by atoms with van der Waals surface area (Å²) in [6.45, 7) is 6.26. The second-order valence-corrected chi connectivity index (χ2v) is 8.48. The van der Waals surface area contributed by atoms with Gasteiger partial charge in [0, 0.05) is 19.2 Å². The highest BCUT2D eigenvalue weighted by molar-refractivity contribution is 7.89. The number of hydrogen-bond donors (Lipinski definition) is 0. The molecule has 0 unspecified atom stereocenters. The highest BCUT2D eigenvalue weighted by Crippen LogP contribution is 2.18. The Morgan fingerprint density at radius 3 is 2.15 bits per heavy atom. The first kappa shape index (κ1) is 20.1. The number of sulfonamides is 1. The number of ketones is 1. The maximum absolute atomic E-state index is 12.6. The van der Waals surface area contributed by atoms with Crippen LogP contribution < -0.4 is 4.74 Å². The summed E-state index contributed by atoms with van der Waals surface area (Å²) in [4.78, 5) is 11.5. The van der Waals surface area contributed by atoms with Crippen molar-refractivity contribution in [1.29, 1.82) is 0 Å². The third-order valence-corrected chi connectivity index (χ3v) is 5.92. The number of nitrogens with zero attached hydrogens (tertiary/aromatic N) is 1. The molecule has 0 radical (unpaired) electrons. The second kappa shape index (κ2) is 8.47. The van der Waals surface area contributed by atoms with E-state index in [1.807, 2.05) is 26.0 Å². The first-order valence-corrected chi connectivity index (χ1v) is 9.92. The largest absolute Gasteiger partial charge is 0.494 e. The van der Waals surface area contributed by atoms with Crippen LogP contribution in [0.25, 0.3) is 0 Å². The van der Waals surface area contributed by atoms with Crippen molar-refractivity contribution in [2.45, 2.75) is 32.1 Å². The van der Waals surface area contributed by atoms with E-state index < -0.39 is 10.0 Å². The molecule has 0 bridgehead atoms. The van der Waals surface area contributed by atoms with E-state index in [0.29, 0.717) is 25.1 Å². The number of carbonyl (C=O) groups is 1. The van der Waals surface area contributed by atoms with Gasteiger partial charge in [0.2, 0.25) is 10.0 Å². The molecule has 0 saturated carbocycles. The highest BCUT2D eigenvalue weighted by atomic mass is 32.2. The molecule has 2 aromatic carbocycles. The molecule has 0 amide bonds. The molecule has 2 rings (SSSR count). The van der Waals surface area contributed by atoms with E-state index >= 15 is 0 Å². The maximum Gasteiger partial charge on any atom is 0.242 e. The van der Waals surface area contributed by atoms with Crippen molar-refractivity contribution in [3.8, 4) is 5.75 Å². The number of carbonyl (C=O) groups excluding carboxylic acids is 1. The molecule has 0 fully saturated rings. The zero-order valence-electron chi connectivity index (χ0n) is 15.7. The van der Waals surface area contributed by atoms with E-state index in [4.69, 9.17) is 4.74 Å². The van der Waals surface area contributed by atoms with E-state index in [-0.39, 0.29) is 10.7 Å². The zero-order valence-corrected chi connectivity index (χ0v) is 16.5. The first-order chi connectivity index (χ1) is 12.2. The third kappa shape index (κ3) is 5.16. The minimum atomic E-state index is -3.57. The Labute approximate surface area is 155 Å². The lowest BCUT2D eigenvalue weighted by Crippen LogP contribution is -2.28. The topological polar surface area (TPSA) is 63.7 Å². The average molecular weight is 375 g/mol. The van der Waals surface area contributed by atoms with E-state index in [1.165, 1.54) is 35.5 Å². The predicted molar refractivity (Wildman–Crippen MR) is 102 cm³/mol. The molecule has 0 aliphatic rings. The van der Waals surface area contributed by atoms with E-state index in [2.05, 4.69) is 6.07 Å². The van der Waals surface area contributed by atoms with Crippen molar-refractivity contribution < 1.29 is 17.9 Å². The molecule has 26 heavy (non-hydrogen) atoms. The molecule has 0 atom stereocenters. The number of rotatable bonds is 8. The van der Waals surface area contributed by atoms with Crippen molar-refractivity contribution in [2.24, 2.45) is 0 Å². The van der Waals surface area contributed by atoms with Gasteiger partial charge in [-0.1, -0.05) is 18.2 Å². The van der Waals surface area contributed by atoms with Crippen molar-refractivity contribution in [2.75, 3.05) is 20.2 Å². The van der Waals surface area contributed by atoms with Crippen LogP contribution in [0.2, 0.25) is 0 Å². The molecule has 0 aromatic heterocycles. The number of benzene rings is 2. The number of aryl methyl sites for hydroxylation is 2. The monoisotopic (exact) mass is 375 g/mol. The molecule has 6 heteroatoms. The van der Waals surface area contributed by atoms with Gasteiger partial charge in [0.25, 0.3) is 0 Å². The van der Waals surface area contributed by atoms with E-state index in [9.17, 15) is 13.2 Å². The molecule has 2 aromatic rings. The number of hydrogen-bond acceptors (Lipinski definition) is 4. The SMILES string of the molecule is CC(=O)c1ccc(S(=O)(=O)N(C)CCCOc2cc(C)cc(C)c2)cc1. The molecule has 5 nitrogen and oxygen atoms in total. The Kier molecular flexibility index (Phi) is 6.56. The van der Waals surface area contributed by atoms with Gasteiger partial charge >= 0.3 is 0 Å². The smallest absolute Gasteiger partial charge is 0.242 e. The van der Waals surface area contributed by atoms with Crippen LogP contribution in [-0.4, -0.2) is 38.7 Å². The molecule has 0 saturated heterocycles. The standard InChI is InChI=1S/C20H25NO4S/c1-15-12-16(2)14-19(13-15)25-11-5-10-21(4)26(23,24)20-8-6-18(7-9-20)17(3)22/h6-9,12-14H,5,10-11H2,1-4H3. The summed E-state index contributed by atoms with van der Waals surface area (Å²) in [6.07, 6.45) is 0.578. The summed E-state index contributed by atoms with van der Waals surface area (Å²) in [5.74, 6) is 0.707. The molecule has 0 spiro atoms. The normalized spacial score (nSPS) is 11.6. The summed E-state index contributed by atoms with van der Waals surface area (Å²) in [5.41, 5.74) is 2.76. The summed E-state index contributed by atoms with van der Waals surface area (Å²) in [7, 11) is -2.03. The minimum Gasteiger partial charge on any atom is -0.494 e. The van der Waals surface area contributed by atoms with Crippen LogP contribution in [0, 0.1) is 13.8 Å². The van der Waals surface area contributed by atoms with Crippen molar-refractivity contribution in [1.82, 2.24) is 4.31 Å². The van der Waals surface area contributed by atoms with Gasteiger partial charge in [-0.3, -0.25) is 4.79 Å². The van der Waals surface area contributed by atoms with Crippen molar-refractivity contribution >= 4 is 15.8 Å². The predicted octanol–water partition coefficient (Wildman–Crippen LogP) is 3.60. The fourth-order valence-electron chi connectivity index (χ4n) is 2.66. The zero-order chi connectivity index (χ0) is 19.3. The quantitative estimate of drug-likeness (QED) is 0.522. The van der Waals surface area contributed by atoms with Gasteiger partial charge in [-0.15, -0.1) is 0 Å².